The molecule has 1 saturated carbocycles. The Hall–Kier alpha value is -0.870. The molecule has 0 spiro atoms. The highest BCUT2D eigenvalue weighted by Crippen LogP contribution is 2.59. The summed E-state index contributed by atoms with van der Waals surface area (Å²) in [6, 6.07) is 0. The fraction of sp³-hybridized carbons (Fsp3) is 0.857. The minimum Gasteiger partial charge on any atom is -0.469 e. The van der Waals surface area contributed by atoms with Gasteiger partial charge in [-0.15, -0.1) is 0 Å². The first-order valence-electron chi connectivity index (χ1n) is 9.82. The van der Waals surface area contributed by atoms with E-state index >= 15 is 0 Å². The lowest BCUT2D eigenvalue weighted by atomic mass is 9.51. The largest absolute Gasteiger partial charge is 0.469 e. The number of esters is 1. The van der Waals surface area contributed by atoms with Crippen molar-refractivity contribution in [2.75, 3.05) is 20.3 Å². The average Bonchev–Trinajstić information content (AvgIpc) is 3.03. The number of methoxy groups -OCH3 is 1. The highest BCUT2D eigenvalue weighted by molar-refractivity contribution is 5.77. The maximum absolute atomic E-state index is 12.6. The molecule has 0 aromatic rings. The van der Waals surface area contributed by atoms with Gasteiger partial charge >= 0.3 is 5.97 Å². The van der Waals surface area contributed by atoms with E-state index in [-0.39, 0.29) is 16.8 Å². The van der Waals surface area contributed by atoms with Gasteiger partial charge in [0.15, 0.2) is 5.79 Å². The Morgan fingerprint density at radius 2 is 1.88 bits per heavy atom. The molecule has 4 atom stereocenters. The number of ether oxygens (including phenoxy) is 3. The zero-order valence-electron chi connectivity index (χ0n) is 16.5. The quantitative estimate of drug-likeness (QED) is 0.554. The van der Waals surface area contributed by atoms with Crippen LogP contribution in [0, 0.1) is 22.7 Å². The predicted molar refractivity (Wildman–Crippen MR) is 97.0 cm³/mol. The van der Waals surface area contributed by atoms with Gasteiger partial charge in [0.2, 0.25) is 0 Å². The van der Waals surface area contributed by atoms with E-state index in [1.165, 1.54) is 12.7 Å². The molecule has 2 fully saturated rings. The third-order valence-corrected chi connectivity index (χ3v) is 7.46. The maximum atomic E-state index is 12.6. The second-order valence-corrected chi connectivity index (χ2v) is 8.89. The van der Waals surface area contributed by atoms with Gasteiger partial charge in [-0.3, -0.25) is 4.79 Å². The molecule has 0 amide bonds. The molecule has 1 saturated heterocycles. The van der Waals surface area contributed by atoms with Gasteiger partial charge < -0.3 is 14.2 Å². The van der Waals surface area contributed by atoms with Crippen LogP contribution in [0.4, 0.5) is 0 Å². The van der Waals surface area contributed by atoms with Crippen LogP contribution >= 0.6 is 0 Å². The standard InChI is InChI=1S/C21H34O4/c1-15-8-9-17-16(7-6-10-20(17,3)18(22)23-5)19(15,2)11-12-21(4)24-13-14-25-21/h7,15,17H,6,8-14H2,1-5H3/t15-,17+,19+,20+/m1/s1. The number of hydrogen-bond acceptors (Lipinski definition) is 4. The fourth-order valence-corrected chi connectivity index (χ4v) is 5.37. The van der Waals surface area contributed by atoms with Crippen LogP contribution < -0.4 is 0 Å². The number of carbonyl (C=O) groups is 1. The molecule has 0 radical (unpaired) electrons. The van der Waals surface area contributed by atoms with Gasteiger partial charge in [0.1, 0.15) is 0 Å². The molecule has 0 N–H and O–H groups in total. The van der Waals surface area contributed by atoms with Crippen LogP contribution in [-0.2, 0) is 19.0 Å². The Kier molecular flexibility index (Phi) is 5.06. The van der Waals surface area contributed by atoms with Crippen molar-refractivity contribution in [1.82, 2.24) is 0 Å². The van der Waals surface area contributed by atoms with Crippen molar-refractivity contribution in [3.63, 3.8) is 0 Å². The number of fused-ring (bicyclic) bond motifs is 1. The van der Waals surface area contributed by atoms with Crippen molar-refractivity contribution < 1.29 is 19.0 Å². The molecule has 0 aromatic carbocycles. The van der Waals surface area contributed by atoms with Crippen LogP contribution in [0.5, 0.6) is 0 Å². The van der Waals surface area contributed by atoms with Gasteiger partial charge in [-0.05, 0) is 63.2 Å². The summed E-state index contributed by atoms with van der Waals surface area (Å²) in [5.41, 5.74) is 1.19. The molecule has 0 aromatic heterocycles. The van der Waals surface area contributed by atoms with Crippen molar-refractivity contribution in [3.8, 4) is 0 Å². The maximum Gasteiger partial charge on any atom is 0.312 e. The van der Waals surface area contributed by atoms with E-state index in [1.807, 2.05) is 0 Å². The molecule has 1 heterocycles. The van der Waals surface area contributed by atoms with Crippen molar-refractivity contribution >= 4 is 5.97 Å². The Bertz CT molecular complexity index is 548. The minimum absolute atomic E-state index is 0.0468. The lowest BCUT2D eigenvalue weighted by Crippen LogP contribution is -2.48. The van der Waals surface area contributed by atoms with Gasteiger partial charge in [0.25, 0.3) is 0 Å². The summed E-state index contributed by atoms with van der Waals surface area (Å²) >= 11 is 0. The van der Waals surface area contributed by atoms with Crippen molar-refractivity contribution in [3.05, 3.63) is 11.6 Å². The molecule has 142 valence electrons. The Morgan fingerprint density at radius 1 is 1.20 bits per heavy atom. The lowest BCUT2D eigenvalue weighted by Gasteiger charge is -2.53. The lowest BCUT2D eigenvalue weighted by molar-refractivity contribution is -0.159. The molecule has 25 heavy (non-hydrogen) atoms. The van der Waals surface area contributed by atoms with Crippen molar-refractivity contribution in [2.24, 2.45) is 22.7 Å². The first-order chi connectivity index (χ1) is 11.8. The smallest absolute Gasteiger partial charge is 0.312 e. The predicted octanol–water partition coefficient (Wildman–Crippen LogP) is 4.48. The summed E-state index contributed by atoms with van der Waals surface area (Å²) in [5.74, 6) is 0.402. The Balaban J connectivity index is 1.85. The molecule has 0 unspecified atom stereocenters. The molecular weight excluding hydrogens is 316 g/mol. The third-order valence-electron chi connectivity index (χ3n) is 7.46. The van der Waals surface area contributed by atoms with E-state index in [1.54, 1.807) is 0 Å². The molecule has 3 rings (SSSR count). The van der Waals surface area contributed by atoms with Crippen molar-refractivity contribution in [1.29, 1.82) is 0 Å². The summed E-state index contributed by atoms with van der Waals surface area (Å²) in [5, 5.41) is 0. The van der Waals surface area contributed by atoms with Crippen LogP contribution in [-0.4, -0.2) is 32.1 Å². The van der Waals surface area contributed by atoms with Crippen LogP contribution in [0.2, 0.25) is 0 Å². The topological polar surface area (TPSA) is 44.8 Å². The van der Waals surface area contributed by atoms with Crippen LogP contribution in [0.15, 0.2) is 11.6 Å². The Morgan fingerprint density at radius 3 is 2.52 bits per heavy atom. The van der Waals surface area contributed by atoms with Gasteiger partial charge in [0, 0.05) is 6.42 Å². The normalized spacial score (nSPS) is 40.3. The van der Waals surface area contributed by atoms with Crippen LogP contribution in [0.1, 0.15) is 66.2 Å². The van der Waals surface area contributed by atoms with Crippen LogP contribution in [0.25, 0.3) is 0 Å². The molecule has 0 bridgehead atoms. The van der Waals surface area contributed by atoms with Crippen LogP contribution in [0.3, 0.4) is 0 Å². The first kappa shape index (κ1) is 18.9. The number of allylic oxidation sites excluding steroid dienone is 2. The van der Waals surface area contributed by atoms with Gasteiger partial charge in [-0.25, -0.2) is 0 Å². The van der Waals surface area contributed by atoms with Crippen molar-refractivity contribution in [2.45, 2.75) is 72.0 Å². The zero-order chi connectivity index (χ0) is 18.3. The highest BCUT2D eigenvalue weighted by Gasteiger charge is 2.53. The summed E-state index contributed by atoms with van der Waals surface area (Å²) in [7, 11) is 1.52. The van der Waals surface area contributed by atoms with Gasteiger partial charge in [0.05, 0.1) is 25.7 Å². The van der Waals surface area contributed by atoms with E-state index < -0.39 is 5.79 Å². The molecular formula is C21H34O4. The molecule has 4 nitrogen and oxygen atoms in total. The summed E-state index contributed by atoms with van der Waals surface area (Å²) < 4.78 is 16.8. The van der Waals surface area contributed by atoms with E-state index in [9.17, 15) is 4.79 Å². The number of rotatable bonds is 4. The second-order valence-electron chi connectivity index (χ2n) is 8.89. The molecule has 2 aliphatic carbocycles. The second kappa shape index (κ2) is 6.70. The Labute approximate surface area is 152 Å². The zero-order valence-corrected chi connectivity index (χ0v) is 16.5. The van der Waals surface area contributed by atoms with E-state index in [4.69, 9.17) is 14.2 Å². The fourth-order valence-electron chi connectivity index (χ4n) is 5.37. The number of carbonyl (C=O) groups excluding carboxylic acids is 1. The van der Waals surface area contributed by atoms with E-state index in [0.717, 1.165) is 38.5 Å². The average molecular weight is 350 g/mol. The third kappa shape index (κ3) is 3.16. The molecule has 3 aliphatic rings. The van der Waals surface area contributed by atoms with Gasteiger partial charge in [-0.2, -0.15) is 0 Å². The first-order valence-corrected chi connectivity index (χ1v) is 9.82. The SMILES string of the molecule is COC(=O)[C@@]1(C)CCC=C2[C@@H]1CC[C@@H](C)[C@]2(C)CCC1(C)OCCO1. The highest BCUT2D eigenvalue weighted by atomic mass is 16.7. The van der Waals surface area contributed by atoms with E-state index in [0.29, 0.717) is 25.0 Å². The summed E-state index contributed by atoms with van der Waals surface area (Å²) in [6.07, 6.45) is 8.44. The minimum atomic E-state index is -0.448. The monoisotopic (exact) mass is 350 g/mol. The van der Waals surface area contributed by atoms with Gasteiger partial charge in [-0.1, -0.05) is 25.5 Å². The molecule has 4 heteroatoms. The molecule has 1 aliphatic heterocycles. The summed E-state index contributed by atoms with van der Waals surface area (Å²) in [4.78, 5) is 12.6. The van der Waals surface area contributed by atoms with E-state index in [2.05, 4.69) is 33.8 Å². The number of hydrogen-bond donors (Lipinski definition) is 0. The summed E-state index contributed by atoms with van der Waals surface area (Å²) in [6.45, 7) is 10.3.